The maximum atomic E-state index is 11.7. The molecule has 1 aromatic heterocycles. The molecule has 0 saturated heterocycles. The zero-order valence-corrected chi connectivity index (χ0v) is 14.8. The van der Waals surface area contributed by atoms with Crippen molar-refractivity contribution in [3.8, 4) is 11.5 Å². The Labute approximate surface area is 151 Å². The molecule has 0 spiro atoms. The Bertz CT molecular complexity index is 822. The van der Waals surface area contributed by atoms with Crippen molar-refractivity contribution in [3.05, 3.63) is 59.9 Å². The van der Waals surface area contributed by atoms with Crippen LogP contribution in [0.25, 0.3) is 5.70 Å². The minimum atomic E-state index is -0.697. The molecule has 0 radical (unpaired) electrons. The lowest BCUT2D eigenvalue weighted by molar-refractivity contribution is -0.0476. The van der Waals surface area contributed by atoms with Gasteiger partial charge in [0.1, 0.15) is 12.2 Å². The Morgan fingerprint density at radius 3 is 2.81 bits per heavy atom. The highest BCUT2D eigenvalue weighted by Gasteiger charge is 2.32. The average molecular weight is 356 g/mol. The second-order valence-electron chi connectivity index (χ2n) is 5.96. The van der Waals surface area contributed by atoms with Crippen LogP contribution in [0.1, 0.15) is 22.8 Å². The van der Waals surface area contributed by atoms with Gasteiger partial charge in [0.05, 0.1) is 25.5 Å². The summed E-state index contributed by atoms with van der Waals surface area (Å²) in [7, 11) is 2.87. The maximum absolute atomic E-state index is 11.7. The van der Waals surface area contributed by atoms with Gasteiger partial charge in [0.25, 0.3) is 0 Å². The summed E-state index contributed by atoms with van der Waals surface area (Å²) < 4.78 is 15.9. The summed E-state index contributed by atoms with van der Waals surface area (Å²) in [6, 6.07) is 8.65. The molecule has 1 aromatic carbocycles. The van der Waals surface area contributed by atoms with Crippen molar-refractivity contribution in [3.63, 3.8) is 0 Å². The molecule has 1 unspecified atom stereocenters. The number of nitrogens with one attached hydrogen (secondary N) is 1. The molecule has 1 aliphatic heterocycles. The van der Waals surface area contributed by atoms with Gasteiger partial charge in [0, 0.05) is 18.0 Å². The van der Waals surface area contributed by atoms with E-state index < -0.39 is 11.6 Å². The Hall–Kier alpha value is -3.06. The van der Waals surface area contributed by atoms with Gasteiger partial charge in [-0.3, -0.25) is 15.3 Å². The first-order valence-corrected chi connectivity index (χ1v) is 8.01. The fraction of sp³-hybridized carbons (Fsp3) is 0.263. The number of carbonyl (C=O) groups excluding carboxylic acids is 1. The molecule has 2 heterocycles. The summed E-state index contributed by atoms with van der Waals surface area (Å²) >= 11 is 0. The normalized spacial score (nSPS) is 18.7. The second kappa shape index (κ2) is 7.45. The van der Waals surface area contributed by atoms with E-state index in [1.54, 1.807) is 30.6 Å². The molecule has 0 saturated carbocycles. The third kappa shape index (κ3) is 3.78. The van der Waals surface area contributed by atoms with Crippen molar-refractivity contribution in [1.29, 1.82) is 0 Å². The highest BCUT2D eigenvalue weighted by Crippen LogP contribution is 2.31. The summed E-state index contributed by atoms with van der Waals surface area (Å²) in [5.74, 6) is 0.508. The van der Waals surface area contributed by atoms with Crippen LogP contribution >= 0.6 is 0 Å². The quantitative estimate of drug-likeness (QED) is 0.797. The summed E-state index contributed by atoms with van der Waals surface area (Å²) in [5, 5.41) is 0. The Morgan fingerprint density at radius 1 is 1.27 bits per heavy atom. The first-order chi connectivity index (χ1) is 12.5. The van der Waals surface area contributed by atoms with E-state index in [1.807, 2.05) is 25.1 Å². The van der Waals surface area contributed by atoms with Crippen molar-refractivity contribution in [2.75, 3.05) is 20.8 Å². The van der Waals surface area contributed by atoms with Crippen molar-refractivity contribution in [1.82, 2.24) is 10.5 Å². The monoisotopic (exact) mass is 356 g/mol. The summed E-state index contributed by atoms with van der Waals surface area (Å²) in [5.41, 5.74) is 4.32. The number of carbonyl (C=O) groups is 1. The molecule has 26 heavy (non-hydrogen) atoms. The van der Waals surface area contributed by atoms with E-state index in [-0.39, 0.29) is 6.61 Å². The summed E-state index contributed by atoms with van der Waals surface area (Å²) in [6.07, 6.45) is 5.39. The third-order valence-corrected chi connectivity index (χ3v) is 3.92. The number of aromatic nitrogens is 1. The van der Waals surface area contributed by atoms with E-state index in [4.69, 9.17) is 19.0 Å². The van der Waals surface area contributed by atoms with Crippen LogP contribution in [-0.4, -0.2) is 37.4 Å². The predicted molar refractivity (Wildman–Crippen MR) is 94.7 cm³/mol. The Kier molecular flexibility index (Phi) is 5.09. The van der Waals surface area contributed by atoms with Crippen LogP contribution in [-0.2, 0) is 9.57 Å². The van der Waals surface area contributed by atoms with Crippen LogP contribution in [0.15, 0.2) is 48.8 Å². The number of methoxy groups -OCH3 is 2. The fourth-order valence-electron chi connectivity index (χ4n) is 2.53. The molecular weight excluding hydrogens is 336 g/mol. The van der Waals surface area contributed by atoms with Crippen LogP contribution in [0.3, 0.4) is 0 Å². The molecule has 1 N–H and O–H groups in total. The SMILES string of the molecule is COC(=O)c1ccc(OC)c(OCC2(C)C=C(c3cccnc3)NO2)c1. The number of hydrogen-bond acceptors (Lipinski definition) is 7. The minimum Gasteiger partial charge on any atom is -0.493 e. The largest absolute Gasteiger partial charge is 0.493 e. The predicted octanol–water partition coefficient (Wildman–Crippen LogP) is 2.59. The fourth-order valence-corrected chi connectivity index (χ4v) is 2.53. The lowest BCUT2D eigenvalue weighted by Crippen LogP contribution is -2.33. The molecule has 3 rings (SSSR count). The molecule has 7 nitrogen and oxygen atoms in total. The molecular formula is C19H20N2O5. The highest BCUT2D eigenvalue weighted by molar-refractivity contribution is 5.90. The van der Waals surface area contributed by atoms with Gasteiger partial charge in [-0.1, -0.05) is 0 Å². The van der Waals surface area contributed by atoms with Crippen LogP contribution < -0.4 is 15.0 Å². The Balaban J connectivity index is 1.76. The van der Waals surface area contributed by atoms with Crippen molar-refractivity contribution in [2.45, 2.75) is 12.5 Å². The number of benzene rings is 1. The zero-order chi connectivity index (χ0) is 18.6. The molecule has 7 heteroatoms. The van der Waals surface area contributed by atoms with Gasteiger partial charge in [0.2, 0.25) is 0 Å². The van der Waals surface area contributed by atoms with Gasteiger partial charge in [-0.2, -0.15) is 0 Å². The first kappa shape index (κ1) is 17.8. The Morgan fingerprint density at radius 2 is 2.12 bits per heavy atom. The molecule has 0 amide bonds. The van der Waals surface area contributed by atoms with Crippen molar-refractivity contribution >= 4 is 11.7 Å². The maximum Gasteiger partial charge on any atom is 0.337 e. The van der Waals surface area contributed by atoms with Crippen LogP contribution in [0.4, 0.5) is 0 Å². The standard InChI is InChI=1S/C19H20N2O5/c1-19(10-15(21-26-19)14-5-4-8-20-11-14)12-25-17-9-13(18(22)24-3)6-7-16(17)23-2/h4-11,21H,12H2,1-3H3. The molecule has 0 fully saturated rings. The van der Waals surface area contributed by atoms with E-state index >= 15 is 0 Å². The van der Waals surface area contributed by atoms with Gasteiger partial charge >= 0.3 is 5.97 Å². The van der Waals surface area contributed by atoms with E-state index in [1.165, 1.54) is 14.2 Å². The molecule has 0 bridgehead atoms. The molecule has 2 aromatic rings. The number of ether oxygens (including phenoxy) is 3. The topological polar surface area (TPSA) is 78.9 Å². The van der Waals surface area contributed by atoms with Gasteiger partial charge in [-0.25, -0.2) is 4.79 Å². The van der Waals surface area contributed by atoms with E-state index in [0.29, 0.717) is 17.1 Å². The first-order valence-electron chi connectivity index (χ1n) is 8.01. The molecule has 136 valence electrons. The lowest BCUT2D eigenvalue weighted by Gasteiger charge is -2.21. The smallest absolute Gasteiger partial charge is 0.337 e. The molecule has 1 atom stereocenters. The van der Waals surface area contributed by atoms with Crippen molar-refractivity contribution in [2.24, 2.45) is 0 Å². The molecule has 1 aliphatic rings. The second-order valence-corrected chi connectivity index (χ2v) is 5.96. The minimum absolute atomic E-state index is 0.213. The van der Waals surface area contributed by atoms with Gasteiger partial charge in [-0.05, 0) is 43.3 Å². The van der Waals surface area contributed by atoms with Crippen LogP contribution in [0.2, 0.25) is 0 Å². The molecule has 0 aliphatic carbocycles. The third-order valence-electron chi connectivity index (χ3n) is 3.92. The van der Waals surface area contributed by atoms with E-state index in [9.17, 15) is 4.79 Å². The number of nitrogens with zero attached hydrogens (tertiary/aromatic N) is 1. The van der Waals surface area contributed by atoms with Gasteiger partial charge in [-0.15, -0.1) is 0 Å². The number of pyridine rings is 1. The van der Waals surface area contributed by atoms with Crippen LogP contribution in [0, 0.1) is 0 Å². The van der Waals surface area contributed by atoms with E-state index in [2.05, 4.69) is 10.5 Å². The number of hydroxylamine groups is 1. The number of esters is 1. The summed E-state index contributed by atoms with van der Waals surface area (Å²) in [6.45, 7) is 2.10. The summed E-state index contributed by atoms with van der Waals surface area (Å²) in [4.78, 5) is 21.5. The van der Waals surface area contributed by atoms with Gasteiger partial charge in [0.15, 0.2) is 11.5 Å². The average Bonchev–Trinajstić information content (AvgIpc) is 3.09. The van der Waals surface area contributed by atoms with E-state index in [0.717, 1.165) is 11.3 Å². The van der Waals surface area contributed by atoms with Gasteiger partial charge < -0.3 is 14.2 Å². The zero-order valence-electron chi connectivity index (χ0n) is 14.8. The number of rotatable bonds is 6. The van der Waals surface area contributed by atoms with Crippen molar-refractivity contribution < 1.29 is 23.8 Å². The lowest BCUT2D eigenvalue weighted by atomic mass is 10.1. The number of hydrogen-bond donors (Lipinski definition) is 1. The highest BCUT2D eigenvalue weighted by atomic mass is 16.7. The van der Waals surface area contributed by atoms with Crippen LogP contribution in [0.5, 0.6) is 11.5 Å².